The molecule has 214 valence electrons. The molecule has 1 aliphatic heterocycles. The van der Waals surface area contributed by atoms with Crippen molar-refractivity contribution < 1.29 is 27.4 Å². The predicted octanol–water partition coefficient (Wildman–Crippen LogP) is 6.58. The molecule has 0 unspecified atom stereocenters. The molecular formula is C32H33NO6S2. The fourth-order valence-electron chi connectivity index (χ4n) is 4.80. The van der Waals surface area contributed by atoms with Crippen LogP contribution >= 0.6 is 11.8 Å². The zero-order valence-electron chi connectivity index (χ0n) is 23.2. The minimum atomic E-state index is -3.98. The first-order valence-corrected chi connectivity index (χ1v) is 15.5. The van der Waals surface area contributed by atoms with Crippen LogP contribution in [0, 0.1) is 0 Å². The Balaban J connectivity index is 1.51. The number of fused-ring (bicyclic) bond motifs is 1. The summed E-state index contributed by atoms with van der Waals surface area (Å²) in [5.41, 5.74) is 1.94. The predicted molar refractivity (Wildman–Crippen MR) is 159 cm³/mol. The maximum Gasteiger partial charge on any atom is 0.248 e. The lowest BCUT2D eigenvalue weighted by atomic mass is 10.1. The van der Waals surface area contributed by atoms with E-state index in [0.717, 1.165) is 16.0 Å². The highest BCUT2D eigenvalue weighted by Crippen LogP contribution is 2.44. The quantitative estimate of drug-likeness (QED) is 0.206. The number of sulfonamides is 1. The number of hydrogen-bond acceptors (Lipinski definition) is 7. The van der Waals surface area contributed by atoms with Crippen LogP contribution in [-0.4, -0.2) is 46.2 Å². The van der Waals surface area contributed by atoms with Gasteiger partial charge in [-0.05, 0) is 48.4 Å². The summed E-state index contributed by atoms with van der Waals surface area (Å²) in [6.45, 7) is 2.69. The summed E-state index contributed by atoms with van der Waals surface area (Å²) >= 11 is 1.34. The van der Waals surface area contributed by atoms with Gasteiger partial charge >= 0.3 is 0 Å². The van der Waals surface area contributed by atoms with Gasteiger partial charge in [0.1, 0.15) is 16.7 Å². The first kappa shape index (κ1) is 29.0. The largest absolute Gasteiger partial charge is 0.493 e. The van der Waals surface area contributed by atoms with Gasteiger partial charge in [0.05, 0.1) is 34.0 Å². The summed E-state index contributed by atoms with van der Waals surface area (Å²) < 4.78 is 53.7. The molecule has 7 nitrogen and oxygen atoms in total. The lowest BCUT2D eigenvalue weighted by molar-refractivity contribution is 0.0312. The number of rotatable bonds is 10. The molecule has 0 fully saturated rings. The van der Waals surface area contributed by atoms with Gasteiger partial charge in [0, 0.05) is 15.8 Å². The first-order chi connectivity index (χ1) is 19.9. The third-order valence-electron chi connectivity index (χ3n) is 6.90. The molecular weight excluding hydrogens is 558 g/mol. The minimum Gasteiger partial charge on any atom is -0.493 e. The van der Waals surface area contributed by atoms with E-state index >= 15 is 0 Å². The molecule has 0 saturated carbocycles. The number of hydrogen-bond donors (Lipinski definition) is 0. The molecule has 1 heterocycles. The number of ether oxygens (including phenoxy) is 4. The standard InChI is InChI=1S/C32H33NO6S2/c1-23(25-13-8-5-9-14-25)33-20-26(22-38-21-24-11-6-4-7-12-24)39-29-15-10-16-31(32(29)41(33,34)35)40-27-17-18-28(36-2)30(19-27)37-3/h4-19,23,26H,20-22H2,1-3H3/t23-,26+/m1/s1. The lowest BCUT2D eigenvalue weighted by Gasteiger charge is -2.29. The molecule has 9 heteroatoms. The van der Waals surface area contributed by atoms with Crippen LogP contribution < -0.4 is 14.2 Å². The molecule has 1 aliphatic rings. The van der Waals surface area contributed by atoms with E-state index in [0.29, 0.717) is 28.8 Å². The van der Waals surface area contributed by atoms with Crippen molar-refractivity contribution in [2.75, 3.05) is 27.4 Å². The highest BCUT2D eigenvalue weighted by atomic mass is 32.2. The van der Waals surface area contributed by atoms with Gasteiger partial charge in [-0.3, -0.25) is 0 Å². The monoisotopic (exact) mass is 591 g/mol. The van der Waals surface area contributed by atoms with Crippen LogP contribution in [0.3, 0.4) is 0 Å². The minimum absolute atomic E-state index is 0.141. The summed E-state index contributed by atoms with van der Waals surface area (Å²) in [7, 11) is -0.831. The maximum absolute atomic E-state index is 14.5. The van der Waals surface area contributed by atoms with Crippen molar-refractivity contribution in [1.82, 2.24) is 4.31 Å². The number of methoxy groups -OCH3 is 2. The Morgan fingerprint density at radius 2 is 1.61 bits per heavy atom. The molecule has 0 N–H and O–H groups in total. The van der Waals surface area contributed by atoms with E-state index in [9.17, 15) is 8.42 Å². The van der Waals surface area contributed by atoms with E-state index in [1.807, 2.05) is 85.8 Å². The second kappa shape index (κ2) is 13.0. The Morgan fingerprint density at radius 3 is 2.32 bits per heavy atom. The normalized spacial score (nSPS) is 17.1. The molecule has 0 aromatic heterocycles. The van der Waals surface area contributed by atoms with Gasteiger partial charge in [-0.25, -0.2) is 8.42 Å². The van der Waals surface area contributed by atoms with Crippen molar-refractivity contribution in [3.8, 4) is 17.2 Å². The van der Waals surface area contributed by atoms with E-state index < -0.39 is 22.2 Å². The Labute approximate surface area is 246 Å². The molecule has 5 rings (SSSR count). The van der Waals surface area contributed by atoms with Crippen LogP contribution in [0.4, 0.5) is 0 Å². The van der Waals surface area contributed by atoms with Gasteiger partial charge in [0.2, 0.25) is 10.0 Å². The number of benzene rings is 4. The molecule has 4 aromatic rings. The molecule has 0 radical (unpaired) electrons. The second-order valence-electron chi connectivity index (χ2n) is 9.60. The van der Waals surface area contributed by atoms with Crippen LogP contribution in [0.2, 0.25) is 0 Å². The molecule has 0 spiro atoms. The van der Waals surface area contributed by atoms with E-state index in [-0.39, 0.29) is 18.0 Å². The Bertz CT molecular complexity index is 1560. The Hall–Kier alpha value is -3.50. The van der Waals surface area contributed by atoms with Gasteiger partial charge in [0.15, 0.2) is 11.5 Å². The first-order valence-electron chi connectivity index (χ1n) is 13.3. The summed E-state index contributed by atoms with van der Waals surface area (Å²) in [6.07, 6.45) is -0.512. The number of nitrogens with zero attached hydrogens (tertiary/aromatic N) is 1. The third kappa shape index (κ3) is 6.54. The maximum atomic E-state index is 14.5. The van der Waals surface area contributed by atoms with E-state index in [2.05, 4.69) is 0 Å². The van der Waals surface area contributed by atoms with Crippen LogP contribution in [0.1, 0.15) is 24.1 Å². The van der Waals surface area contributed by atoms with Crippen LogP contribution in [0.25, 0.3) is 0 Å². The Morgan fingerprint density at radius 1 is 0.902 bits per heavy atom. The zero-order chi connectivity index (χ0) is 28.8. The SMILES string of the molecule is COc1ccc(Sc2cccc3c2S(=O)(=O)N([C@H](C)c2ccccc2)C[C@@H](COCc2ccccc2)O3)cc1OC. The average molecular weight is 592 g/mol. The fraction of sp³-hybridized carbons (Fsp3) is 0.250. The molecule has 0 amide bonds. The summed E-state index contributed by atoms with van der Waals surface area (Å²) in [5.74, 6) is 1.47. The molecule has 2 atom stereocenters. The van der Waals surface area contributed by atoms with Crippen LogP contribution in [0.15, 0.2) is 112 Å². The van der Waals surface area contributed by atoms with Gasteiger partial charge in [-0.1, -0.05) is 78.5 Å². The van der Waals surface area contributed by atoms with E-state index in [1.165, 1.54) is 16.1 Å². The van der Waals surface area contributed by atoms with Crippen molar-refractivity contribution in [2.24, 2.45) is 0 Å². The van der Waals surface area contributed by atoms with Crippen molar-refractivity contribution in [3.05, 3.63) is 108 Å². The Kier molecular flexibility index (Phi) is 9.19. The molecule has 0 saturated heterocycles. The summed E-state index contributed by atoms with van der Waals surface area (Å²) in [6, 6.07) is 29.9. The topological polar surface area (TPSA) is 74.3 Å². The van der Waals surface area contributed by atoms with Gasteiger partial charge in [-0.2, -0.15) is 4.31 Å². The summed E-state index contributed by atoms with van der Waals surface area (Å²) in [5, 5.41) is 0. The van der Waals surface area contributed by atoms with Crippen molar-refractivity contribution in [2.45, 2.75) is 40.4 Å². The average Bonchev–Trinajstić information content (AvgIpc) is 3.11. The highest BCUT2D eigenvalue weighted by Gasteiger charge is 2.40. The molecule has 0 bridgehead atoms. The van der Waals surface area contributed by atoms with Gasteiger partial charge in [0.25, 0.3) is 0 Å². The van der Waals surface area contributed by atoms with E-state index in [1.54, 1.807) is 32.4 Å². The lowest BCUT2D eigenvalue weighted by Crippen LogP contribution is -2.40. The zero-order valence-corrected chi connectivity index (χ0v) is 24.9. The van der Waals surface area contributed by atoms with Crippen molar-refractivity contribution in [1.29, 1.82) is 0 Å². The van der Waals surface area contributed by atoms with Crippen LogP contribution in [0.5, 0.6) is 17.2 Å². The molecule has 4 aromatic carbocycles. The van der Waals surface area contributed by atoms with E-state index in [4.69, 9.17) is 18.9 Å². The van der Waals surface area contributed by atoms with Gasteiger partial charge in [-0.15, -0.1) is 0 Å². The van der Waals surface area contributed by atoms with Gasteiger partial charge < -0.3 is 18.9 Å². The fourth-order valence-corrected chi connectivity index (χ4v) is 7.96. The van der Waals surface area contributed by atoms with Crippen molar-refractivity contribution in [3.63, 3.8) is 0 Å². The third-order valence-corrected chi connectivity index (χ3v) is 10.1. The van der Waals surface area contributed by atoms with Crippen molar-refractivity contribution >= 4 is 21.8 Å². The molecule has 0 aliphatic carbocycles. The summed E-state index contributed by atoms with van der Waals surface area (Å²) in [4.78, 5) is 1.51. The van der Waals surface area contributed by atoms with Crippen LogP contribution in [-0.2, 0) is 21.4 Å². The smallest absolute Gasteiger partial charge is 0.248 e. The highest BCUT2D eigenvalue weighted by molar-refractivity contribution is 8.00. The molecule has 41 heavy (non-hydrogen) atoms. The second-order valence-corrected chi connectivity index (χ2v) is 12.5.